The molecule has 1 unspecified atom stereocenters. The number of nitrogens with zero attached hydrogens (tertiary/aromatic N) is 2. The lowest BCUT2D eigenvalue weighted by atomic mass is 9.84. The van der Waals surface area contributed by atoms with E-state index in [0.29, 0.717) is 5.56 Å². The number of halogens is 1. The number of hydrogen-bond donors (Lipinski definition) is 1. The quantitative estimate of drug-likeness (QED) is 0.897. The third-order valence-electron chi connectivity index (χ3n) is 4.16. The van der Waals surface area contributed by atoms with E-state index in [2.05, 4.69) is 4.98 Å². The number of piperidine rings is 1. The number of aliphatic hydroxyl groups is 1. The molecule has 0 spiro atoms. The second-order valence-electron chi connectivity index (χ2n) is 7.59. The monoisotopic (exact) mass is 338 g/mol. The number of carbonyl (C=O) groups is 1. The number of rotatable bonds is 2. The molecule has 24 heavy (non-hydrogen) atoms. The van der Waals surface area contributed by atoms with Crippen LogP contribution in [0.4, 0.5) is 9.18 Å². The van der Waals surface area contributed by atoms with Gasteiger partial charge in [-0.05, 0) is 52.3 Å². The van der Waals surface area contributed by atoms with E-state index in [4.69, 9.17) is 4.74 Å². The minimum Gasteiger partial charge on any atom is -0.444 e. The molecule has 134 valence electrons. The third-order valence-corrected chi connectivity index (χ3v) is 4.16. The first-order valence-corrected chi connectivity index (χ1v) is 8.30. The van der Waals surface area contributed by atoms with Crippen molar-refractivity contribution in [2.24, 2.45) is 0 Å². The smallest absolute Gasteiger partial charge is 0.410 e. The highest BCUT2D eigenvalue weighted by Crippen LogP contribution is 2.39. The summed E-state index contributed by atoms with van der Waals surface area (Å²) in [7, 11) is 0. The second kappa shape index (κ2) is 6.67. The number of likely N-dealkylation sites (tertiary alicyclic amines) is 1. The van der Waals surface area contributed by atoms with Gasteiger partial charge in [0.15, 0.2) is 0 Å². The molecule has 2 heterocycles. The molecule has 1 fully saturated rings. The van der Waals surface area contributed by atoms with Crippen LogP contribution in [-0.2, 0) is 4.74 Å². The number of pyridine rings is 1. The Balaban J connectivity index is 2.04. The van der Waals surface area contributed by atoms with Crippen molar-refractivity contribution in [2.75, 3.05) is 13.1 Å². The van der Waals surface area contributed by atoms with Gasteiger partial charge in [0.25, 0.3) is 0 Å². The van der Waals surface area contributed by atoms with Crippen LogP contribution in [0.15, 0.2) is 12.1 Å². The van der Waals surface area contributed by atoms with Crippen LogP contribution >= 0.6 is 0 Å². The lowest BCUT2D eigenvalue weighted by Gasteiger charge is -2.39. The summed E-state index contributed by atoms with van der Waals surface area (Å²) < 4.78 is 20.6. The van der Waals surface area contributed by atoms with E-state index in [1.165, 1.54) is 4.90 Å². The highest BCUT2D eigenvalue weighted by atomic mass is 19.1. The molecule has 1 aromatic rings. The molecule has 1 aliphatic heterocycles. The van der Waals surface area contributed by atoms with E-state index < -0.39 is 23.5 Å². The zero-order valence-corrected chi connectivity index (χ0v) is 15.1. The van der Waals surface area contributed by atoms with Crippen molar-refractivity contribution < 1.29 is 19.0 Å². The van der Waals surface area contributed by atoms with Gasteiger partial charge in [-0.1, -0.05) is 0 Å². The maximum Gasteiger partial charge on any atom is 0.410 e. The Morgan fingerprint density at radius 3 is 2.25 bits per heavy atom. The minimum atomic E-state index is -1.75. The molecule has 1 atom stereocenters. The van der Waals surface area contributed by atoms with Crippen molar-refractivity contribution in [1.82, 2.24) is 9.88 Å². The van der Waals surface area contributed by atoms with Gasteiger partial charge in [-0.3, -0.25) is 4.98 Å². The van der Waals surface area contributed by atoms with Crippen LogP contribution in [0.3, 0.4) is 0 Å². The fraction of sp³-hybridized carbons (Fsp3) is 0.667. The highest BCUT2D eigenvalue weighted by molar-refractivity contribution is 5.68. The molecule has 0 aromatic carbocycles. The van der Waals surface area contributed by atoms with Crippen LogP contribution in [0.5, 0.6) is 0 Å². The number of aliphatic hydroxyl groups excluding tert-OH is 1. The first-order valence-electron chi connectivity index (χ1n) is 8.30. The van der Waals surface area contributed by atoms with Crippen molar-refractivity contribution in [3.05, 3.63) is 29.1 Å². The summed E-state index contributed by atoms with van der Waals surface area (Å²) in [5.41, 5.74) is -0.294. The number of hydrogen-bond acceptors (Lipinski definition) is 4. The van der Waals surface area contributed by atoms with Gasteiger partial charge in [-0.25, -0.2) is 9.18 Å². The van der Waals surface area contributed by atoms with Crippen LogP contribution in [0.1, 0.15) is 56.7 Å². The average molecular weight is 338 g/mol. The molecule has 5 nitrogen and oxygen atoms in total. The summed E-state index contributed by atoms with van der Waals surface area (Å²) in [6.07, 6.45) is -1.50. The van der Waals surface area contributed by atoms with Gasteiger partial charge in [-0.15, -0.1) is 0 Å². The molecular weight excluding hydrogens is 311 g/mol. The molecule has 1 aliphatic rings. The first kappa shape index (κ1) is 18.6. The van der Waals surface area contributed by atoms with Gasteiger partial charge >= 0.3 is 6.09 Å². The Hall–Kier alpha value is -1.69. The van der Waals surface area contributed by atoms with Gasteiger partial charge in [0.2, 0.25) is 0 Å². The highest BCUT2D eigenvalue weighted by Gasteiger charge is 2.43. The molecule has 0 aliphatic carbocycles. The number of alkyl halides is 1. The molecule has 0 radical (unpaired) electrons. The van der Waals surface area contributed by atoms with E-state index in [0.717, 1.165) is 11.4 Å². The maximum atomic E-state index is 15.2. The normalized spacial score (nSPS) is 19.0. The lowest BCUT2D eigenvalue weighted by Crippen LogP contribution is -2.48. The van der Waals surface area contributed by atoms with Crippen molar-refractivity contribution in [1.29, 1.82) is 0 Å². The van der Waals surface area contributed by atoms with Gasteiger partial charge in [0.1, 0.15) is 17.4 Å². The number of ether oxygens (including phenoxy) is 1. The molecule has 1 saturated heterocycles. The van der Waals surface area contributed by atoms with Crippen molar-refractivity contribution in [3.8, 4) is 0 Å². The van der Waals surface area contributed by atoms with E-state index >= 15 is 4.39 Å². The van der Waals surface area contributed by atoms with Crippen molar-refractivity contribution in [2.45, 2.75) is 64.8 Å². The molecule has 2 rings (SSSR count). The van der Waals surface area contributed by atoms with Crippen molar-refractivity contribution in [3.63, 3.8) is 0 Å². The molecule has 6 heteroatoms. The molecule has 0 saturated carbocycles. The summed E-state index contributed by atoms with van der Waals surface area (Å²) in [6.45, 7) is 9.49. The van der Waals surface area contributed by atoms with Gasteiger partial charge in [0, 0.05) is 37.3 Å². The Labute approximate surface area is 142 Å². The Bertz CT molecular complexity index is 585. The summed E-state index contributed by atoms with van der Waals surface area (Å²) in [5.74, 6) is 0. The van der Waals surface area contributed by atoms with Crippen LogP contribution in [0, 0.1) is 13.8 Å². The number of amides is 1. The standard InChI is InChI=1S/C18H27FN2O3/c1-12-10-14(11-13(2)20-12)15(22)18(19)6-8-21(9-7-18)16(23)24-17(3,4)5/h10-11,15,22H,6-9H2,1-5H3. The summed E-state index contributed by atoms with van der Waals surface area (Å²) >= 11 is 0. The number of carbonyl (C=O) groups excluding carboxylic acids is 1. The SMILES string of the molecule is Cc1cc(C(O)C2(F)CCN(C(=O)OC(C)(C)C)CC2)cc(C)n1. The second-order valence-corrected chi connectivity index (χ2v) is 7.59. The topological polar surface area (TPSA) is 62.7 Å². The summed E-state index contributed by atoms with van der Waals surface area (Å²) in [6, 6.07) is 3.42. The van der Waals surface area contributed by atoms with Crippen molar-refractivity contribution >= 4 is 6.09 Å². The molecule has 0 bridgehead atoms. The van der Waals surface area contributed by atoms with Crippen LogP contribution in [0.2, 0.25) is 0 Å². The minimum absolute atomic E-state index is 0.0772. The predicted octanol–water partition coefficient (Wildman–Crippen LogP) is 3.47. The Morgan fingerprint density at radius 2 is 1.79 bits per heavy atom. The van der Waals surface area contributed by atoms with E-state index in [9.17, 15) is 9.90 Å². The molecule has 1 amide bonds. The fourth-order valence-electron chi connectivity index (χ4n) is 2.98. The first-order chi connectivity index (χ1) is 11.0. The summed E-state index contributed by atoms with van der Waals surface area (Å²) in [5, 5.41) is 10.5. The Morgan fingerprint density at radius 1 is 1.29 bits per heavy atom. The van der Waals surface area contributed by atoms with Crippen LogP contribution in [0.25, 0.3) is 0 Å². The third kappa shape index (κ3) is 4.44. The average Bonchev–Trinajstić information content (AvgIpc) is 2.44. The molecule has 1 aromatic heterocycles. The summed E-state index contributed by atoms with van der Waals surface area (Å²) in [4.78, 5) is 17.8. The predicted molar refractivity (Wildman–Crippen MR) is 89.6 cm³/mol. The van der Waals surface area contributed by atoms with Gasteiger partial charge in [0.05, 0.1) is 0 Å². The van der Waals surface area contributed by atoms with Gasteiger partial charge < -0.3 is 14.7 Å². The largest absolute Gasteiger partial charge is 0.444 e. The maximum absolute atomic E-state index is 15.2. The number of aryl methyl sites for hydroxylation is 2. The zero-order chi connectivity index (χ0) is 18.1. The molecule has 1 N–H and O–H groups in total. The zero-order valence-electron chi connectivity index (χ0n) is 15.1. The number of aromatic nitrogens is 1. The van der Waals surface area contributed by atoms with Crippen LogP contribution < -0.4 is 0 Å². The lowest BCUT2D eigenvalue weighted by molar-refractivity contribution is -0.0561. The van der Waals surface area contributed by atoms with E-state index in [1.807, 2.05) is 13.8 Å². The molecular formula is C18H27FN2O3. The Kier molecular flexibility index (Phi) is 5.18. The van der Waals surface area contributed by atoms with E-state index in [1.54, 1.807) is 32.9 Å². The van der Waals surface area contributed by atoms with E-state index in [-0.39, 0.29) is 25.9 Å². The van der Waals surface area contributed by atoms with Gasteiger partial charge in [-0.2, -0.15) is 0 Å². The van der Waals surface area contributed by atoms with Crippen LogP contribution in [-0.4, -0.2) is 45.4 Å². The fourth-order valence-corrected chi connectivity index (χ4v) is 2.98.